The number of nitrogen functional groups attached to an aromatic ring is 1. The van der Waals surface area contributed by atoms with Crippen molar-refractivity contribution >= 4 is 16.9 Å². The molecule has 0 bridgehead atoms. The Morgan fingerprint density at radius 2 is 2.16 bits per heavy atom. The van der Waals surface area contributed by atoms with Crippen molar-refractivity contribution in [2.24, 2.45) is 0 Å². The van der Waals surface area contributed by atoms with Crippen LogP contribution in [0.3, 0.4) is 0 Å². The van der Waals surface area contributed by atoms with E-state index >= 15 is 0 Å². The van der Waals surface area contributed by atoms with E-state index in [1.54, 1.807) is 0 Å². The highest BCUT2D eigenvalue weighted by atomic mass is 16.5. The minimum Gasteiger partial charge on any atom is -0.383 e. The molecule has 3 heterocycles. The molecule has 0 amide bonds. The zero-order chi connectivity index (χ0) is 13.8. The van der Waals surface area contributed by atoms with Crippen molar-refractivity contribution in [3.8, 4) is 0 Å². The van der Waals surface area contributed by atoms with Crippen LogP contribution in [0.15, 0.2) is 6.33 Å². The van der Waals surface area contributed by atoms with Gasteiger partial charge in [-0.2, -0.15) is 0 Å². The van der Waals surface area contributed by atoms with Gasteiger partial charge in [0.25, 0.3) is 0 Å². The van der Waals surface area contributed by atoms with Crippen LogP contribution in [0.4, 0.5) is 5.82 Å². The van der Waals surface area contributed by atoms with Gasteiger partial charge in [-0.25, -0.2) is 9.97 Å². The number of anilines is 1. The summed E-state index contributed by atoms with van der Waals surface area (Å²) in [6, 6.07) is 0. The highest BCUT2D eigenvalue weighted by Crippen LogP contribution is 2.39. The number of ether oxygens (including phenoxy) is 1. The molecular weight excluding hydrogens is 240 g/mol. The first-order valence-corrected chi connectivity index (χ1v) is 6.67. The molecule has 2 unspecified atom stereocenters. The van der Waals surface area contributed by atoms with E-state index in [1.165, 1.54) is 12.0 Å². The predicted molar refractivity (Wildman–Crippen MR) is 75.1 cm³/mol. The van der Waals surface area contributed by atoms with Crippen molar-refractivity contribution in [1.29, 1.82) is 0 Å². The van der Waals surface area contributed by atoms with Gasteiger partial charge in [-0.1, -0.05) is 0 Å². The average molecular weight is 260 g/mol. The van der Waals surface area contributed by atoms with Crippen LogP contribution in [-0.2, 0) is 10.3 Å². The maximum atomic E-state index is 6.02. The molecule has 0 radical (unpaired) electrons. The summed E-state index contributed by atoms with van der Waals surface area (Å²) in [6.07, 6.45) is 2.69. The number of fused-ring (bicyclic) bond motifs is 1. The standard InChI is InChI=1S/C14H20N4O/c1-8-9(2)18(14(4)5-6-19-10(14)3)13-11(8)12(15)16-7-17-13/h7,10H,5-6H2,1-4H3,(H2,15,16,17). The van der Waals surface area contributed by atoms with E-state index < -0.39 is 0 Å². The van der Waals surface area contributed by atoms with Crippen molar-refractivity contribution < 1.29 is 4.74 Å². The number of rotatable bonds is 1. The fourth-order valence-electron chi connectivity index (χ4n) is 3.17. The minimum absolute atomic E-state index is 0.0720. The summed E-state index contributed by atoms with van der Waals surface area (Å²) >= 11 is 0. The molecule has 5 heteroatoms. The van der Waals surface area contributed by atoms with Gasteiger partial charge in [0.1, 0.15) is 17.8 Å². The number of hydrogen-bond donors (Lipinski definition) is 1. The van der Waals surface area contributed by atoms with Gasteiger partial charge < -0.3 is 15.0 Å². The first-order chi connectivity index (χ1) is 8.97. The van der Waals surface area contributed by atoms with Crippen LogP contribution in [0.2, 0.25) is 0 Å². The number of aryl methyl sites for hydroxylation is 1. The van der Waals surface area contributed by atoms with Crippen molar-refractivity contribution in [2.45, 2.75) is 45.8 Å². The Bertz CT molecular complexity index is 648. The zero-order valence-corrected chi connectivity index (χ0v) is 11.9. The molecule has 1 saturated heterocycles. The Morgan fingerprint density at radius 3 is 2.79 bits per heavy atom. The Hall–Kier alpha value is -1.62. The quantitative estimate of drug-likeness (QED) is 0.853. The van der Waals surface area contributed by atoms with Gasteiger partial charge in [0.15, 0.2) is 0 Å². The predicted octanol–water partition coefficient (Wildman–Crippen LogP) is 2.15. The molecule has 2 atom stereocenters. The molecule has 0 spiro atoms. The fraction of sp³-hybridized carbons (Fsp3) is 0.571. The lowest BCUT2D eigenvalue weighted by Gasteiger charge is -2.31. The van der Waals surface area contributed by atoms with Crippen LogP contribution in [0.1, 0.15) is 31.5 Å². The molecule has 0 aromatic carbocycles. The van der Waals surface area contributed by atoms with Crippen molar-refractivity contribution in [2.75, 3.05) is 12.3 Å². The highest BCUT2D eigenvalue weighted by Gasteiger charge is 2.41. The summed E-state index contributed by atoms with van der Waals surface area (Å²) in [5.41, 5.74) is 9.22. The average Bonchev–Trinajstić information content (AvgIpc) is 2.82. The lowest BCUT2D eigenvalue weighted by atomic mass is 9.94. The van der Waals surface area contributed by atoms with Crippen molar-refractivity contribution in [1.82, 2.24) is 14.5 Å². The van der Waals surface area contributed by atoms with Crippen molar-refractivity contribution in [3.05, 3.63) is 17.6 Å². The highest BCUT2D eigenvalue weighted by molar-refractivity contribution is 5.91. The number of nitrogens with two attached hydrogens (primary N) is 1. The van der Waals surface area contributed by atoms with Gasteiger partial charge in [0.2, 0.25) is 0 Å². The normalized spacial score (nSPS) is 27.3. The second-order valence-corrected chi connectivity index (χ2v) is 5.62. The van der Waals surface area contributed by atoms with Gasteiger partial charge in [-0.05, 0) is 39.7 Å². The number of aromatic nitrogens is 3. The Balaban J connectivity index is 2.36. The molecular formula is C14H20N4O. The van der Waals surface area contributed by atoms with E-state index in [0.717, 1.165) is 29.6 Å². The molecule has 0 aliphatic carbocycles. The largest absolute Gasteiger partial charge is 0.383 e. The first-order valence-electron chi connectivity index (χ1n) is 6.67. The van der Waals surface area contributed by atoms with Gasteiger partial charge in [0.05, 0.1) is 17.0 Å². The van der Waals surface area contributed by atoms with E-state index in [2.05, 4.69) is 42.2 Å². The van der Waals surface area contributed by atoms with Gasteiger partial charge >= 0.3 is 0 Å². The van der Waals surface area contributed by atoms with Crippen LogP contribution in [0.25, 0.3) is 11.0 Å². The first kappa shape index (κ1) is 12.4. The lowest BCUT2D eigenvalue weighted by Crippen LogP contribution is -2.37. The van der Waals surface area contributed by atoms with E-state index in [0.29, 0.717) is 5.82 Å². The minimum atomic E-state index is -0.0720. The molecule has 0 saturated carbocycles. The molecule has 19 heavy (non-hydrogen) atoms. The smallest absolute Gasteiger partial charge is 0.146 e. The van der Waals surface area contributed by atoms with Crippen LogP contribution >= 0.6 is 0 Å². The molecule has 1 aliphatic heterocycles. The van der Waals surface area contributed by atoms with Gasteiger partial charge in [-0.3, -0.25) is 0 Å². The Morgan fingerprint density at radius 1 is 1.42 bits per heavy atom. The summed E-state index contributed by atoms with van der Waals surface area (Å²) in [6.45, 7) is 9.34. The Labute approximate surface area is 112 Å². The number of hydrogen-bond acceptors (Lipinski definition) is 4. The fourth-order valence-corrected chi connectivity index (χ4v) is 3.17. The summed E-state index contributed by atoms with van der Waals surface area (Å²) in [5, 5.41) is 0.973. The molecule has 3 rings (SSSR count). The summed E-state index contributed by atoms with van der Waals surface area (Å²) in [5.74, 6) is 0.555. The van der Waals surface area contributed by atoms with E-state index in [4.69, 9.17) is 10.5 Å². The van der Waals surface area contributed by atoms with E-state index in [9.17, 15) is 0 Å². The molecule has 1 aliphatic rings. The number of nitrogens with zero attached hydrogens (tertiary/aromatic N) is 3. The topological polar surface area (TPSA) is 66.0 Å². The third-order valence-corrected chi connectivity index (χ3v) is 4.68. The second-order valence-electron chi connectivity index (χ2n) is 5.62. The van der Waals surface area contributed by atoms with Crippen LogP contribution < -0.4 is 5.73 Å². The molecule has 2 aromatic rings. The van der Waals surface area contributed by atoms with E-state index in [1.807, 2.05) is 0 Å². The molecule has 1 fully saturated rings. The third kappa shape index (κ3) is 1.51. The second kappa shape index (κ2) is 3.93. The molecule has 102 valence electrons. The lowest BCUT2D eigenvalue weighted by molar-refractivity contribution is 0.0767. The molecule has 5 nitrogen and oxygen atoms in total. The maximum absolute atomic E-state index is 6.02. The summed E-state index contributed by atoms with van der Waals surface area (Å²) < 4.78 is 8.06. The van der Waals surface area contributed by atoms with Crippen molar-refractivity contribution in [3.63, 3.8) is 0 Å². The molecule has 2 N–H and O–H groups in total. The third-order valence-electron chi connectivity index (χ3n) is 4.68. The SMILES string of the molecule is Cc1c(C)n(C2(C)CCOC2C)c2ncnc(N)c12. The van der Waals surface area contributed by atoms with E-state index in [-0.39, 0.29) is 11.6 Å². The monoisotopic (exact) mass is 260 g/mol. The summed E-state index contributed by atoms with van der Waals surface area (Å²) in [4.78, 5) is 8.58. The van der Waals surface area contributed by atoms with Crippen LogP contribution in [0.5, 0.6) is 0 Å². The van der Waals surface area contributed by atoms with Gasteiger partial charge in [0, 0.05) is 12.3 Å². The van der Waals surface area contributed by atoms with Crippen LogP contribution in [-0.4, -0.2) is 27.2 Å². The maximum Gasteiger partial charge on any atom is 0.146 e. The van der Waals surface area contributed by atoms with Crippen LogP contribution in [0, 0.1) is 13.8 Å². The van der Waals surface area contributed by atoms with Gasteiger partial charge in [-0.15, -0.1) is 0 Å². The summed E-state index contributed by atoms with van der Waals surface area (Å²) in [7, 11) is 0. The molecule has 2 aromatic heterocycles. The zero-order valence-electron chi connectivity index (χ0n) is 11.9. The Kier molecular flexibility index (Phi) is 2.57.